The number of aryl methyl sites for hydroxylation is 2. The Kier molecular flexibility index (Phi) is 3.69. The van der Waals surface area contributed by atoms with E-state index in [4.69, 9.17) is 9.97 Å². The van der Waals surface area contributed by atoms with Crippen molar-refractivity contribution in [2.24, 2.45) is 0 Å². The SMILES string of the molecule is Cc1ncc2n1CCN(c1ncc(C3CC3)c(N3CCn4c(cnc4C)C3)n1)C2. The topological polar surface area (TPSA) is 67.9 Å². The van der Waals surface area contributed by atoms with E-state index in [1.54, 1.807) is 0 Å². The van der Waals surface area contributed by atoms with Crippen LogP contribution < -0.4 is 9.80 Å². The molecule has 150 valence electrons. The van der Waals surface area contributed by atoms with E-state index in [9.17, 15) is 0 Å². The van der Waals surface area contributed by atoms with Crippen molar-refractivity contribution >= 4 is 11.8 Å². The number of aromatic nitrogens is 6. The molecule has 3 aliphatic rings. The van der Waals surface area contributed by atoms with E-state index < -0.39 is 0 Å². The molecule has 6 rings (SSSR count). The van der Waals surface area contributed by atoms with Gasteiger partial charge in [-0.1, -0.05) is 0 Å². The van der Waals surface area contributed by atoms with Gasteiger partial charge in [-0.3, -0.25) is 0 Å². The van der Waals surface area contributed by atoms with E-state index >= 15 is 0 Å². The van der Waals surface area contributed by atoms with E-state index in [1.807, 2.05) is 12.4 Å². The van der Waals surface area contributed by atoms with E-state index in [0.717, 1.165) is 62.7 Å². The number of hydrogen-bond acceptors (Lipinski definition) is 6. The van der Waals surface area contributed by atoms with Gasteiger partial charge in [0.05, 0.1) is 36.9 Å². The molecule has 1 fully saturated rings. The van der Waals surface area contributed by atoms with Crippen LogP contribution in [0.2, 0.25) is 0 Å². The first-order valence-electron chi connectivity index (χ1n) is 10.6. The predicted molar refractivity (Wildman–Crippen MR) is 110 cm³/mol. The Morgan fingerprint density at radius 3 is 2.03 bits per heavy atom. The first kappa shape index (κ1) is 17.0. The van der Waals surface area contributed by atoms with Gasteiger partial charge in [-0.2, -0.15) is 4.98 Å². The van der Waals surface area contributed by atoms with Crippen LogP contribution in [0.1, 0.15) is 47.4 Å². The second-order valence-electron chi connectivity index (χ2n) is 8.46. The summed E-state index contributed by atoms with van der Waals surface area (Å²) in [6.45, 7) is 9.61. The van der Waals surface area contributed by atoms with Crippen molar-refractivity contribution in [2.75, 3.05) is 22.9 Å². The van der Waals surface area contributed by atoms with Crippen molar-refractivity contribution in [2.45, 2.75) is 58.8 Å². The zero-order valence-corrected chi connectivity index (χ0v) is 17.0. The quantitative estimate of drug-likeness (QED) is 0.684. The Morgan fingerprint density at radius 2 is 1.38 bits per heavy atom. The van der Waals surface area contributed by atoms with E-state index in [2.05, 4.69) is 48.9 Å². The molecule has 0 atom stereocenters. The van der Waals surface area contributed by atoms with Crippen LogP contribution in [0.3, 0.4) is 0 Å². The number of hydrogen-bond donors (Lipinski definition) is 0. The summed E-state index contributed by atoms with van der Waals surface area (Å²) in [5, 5.41) is 0. The third-order valence-corrected chi connectivity index (χ3v) is 6.55. The van der Waals surface area contributed by atoms with Crippen molar-refractivity contribution < 1.29 is 0 Å². The Morgan fingerprint density at radius 1 is 0.759 bits per heavy atom. The van der Waals surface area contributed by atoms with E-state index in [-0.39, 0.29) is 0 Å². The second-order valence-corrected chi connectivity index (χ2v) is 8.46. The molecule has 29 heavy (non-hydrogen) atoms. The highest BCUT2D eigenvalue weighted by Crippen LogP contribution is 2.44. The van der Waals surface area contributed by atoms with Crippen molar-refractivity contribution in [1.29, 1.82) is 0 Å². The summed E-state index contributed by atoms with van der Waals surface area (Å²) in [6, 6.07) is 0. The molecule has 0 spiro atoms. The van der Waals surface area contributed by atoms with Crippen molar-refractivity contribution in [3.05, 3.63) is 47.2 Å². The van der Waals surface area contributed by atoms with Crippen molar-refractivity contribution in [3.8, 4) is 0 Å². The molecule has 1 saturated carbocycles. The molecule has 8 heteroatoms. The highest BCUT2D eigenvalue weighted by molar-refractivity contribution is 5.54. The molecular weight excluding hydrogens is 364 g/mol. The molecule has 1 aliphatic carbocycles. The first-order chi connectivity index (χ1) is 14.2. The van der Waals surface area contributed by atoms with Crippen LogP contribution in [0, 0.1) is 13.8 Å². The van der Waals surface area contributed by atoms with Crippen LogP contribution in [0.4, 0.5) is 11.8 Å². The lowest BCUT2D eigenvalue weighted by Crippen LogP contribution is -2.37. The minimum atomic E-state index is 0.623. The molecule has 0 radical (unpaired) electrons. The Labute approximate surface area is 170 Å². The van der Waals surface area contributed by atoms with Gasteiger partial charge in [0, 0.05) is 37.9 Å². The molecule has 8 nitrogen and oxygen atoms in total. The molecule has 3 aromatic rings. The zero-order chi connectivity index (χ0) is 19.5. The van der Waals surface area contributed by atoms with Crippen LogP contribution in [-0.2, 0) is 26.2 Å². The predicted octanol–water partition coefficient (Wildman–Crippen LogP) is 2.40. The maximum Gasteiger partial charge on any atom is 0.227 e. The Hall–Kier alpha value is -2.90. The molecule has 5 heterocycles. The molecule has 3 aromatic heterocycles. The summed E-state index contributed by atoms with van der Waals surface area (Å²) in [5.41, 5.74) is 3.83. The normalized spacial score (nSPS) is 18.7. The number of imidazole rings is 2. The Balaban J connectivity index is 1.33. The van der Waals surface area contributed by atoms with Gasteiger partial charge in [0.1, 0.15) is 17.5 Å². The number of anilines is 2. The molecule has 0 unspecified atom stereocenters. The Bertz CT molecular complexity index is 1080. The largest absolute Gasteiger partial charge is 0.349 e. The maximum atomic E-state index is 5.12. The number of nitrogens with zero attached hydrogens (tertiary/aromatic N) is 8. The van der Waals surface area contributed by atoms with Crippen LogP contribution in [0.5, 0.6) is 0 Å². The fraction of sp³-hybridized carbons (Fsp3) is 0.524. The fourth-order valence-electron chi connectivity index (χ4n) is 4.70. The van der Waals surface area contributed by atoms with Gasteiger partial charge in [-0.15, -0.1) is 0 Å². The van der Waals surface area contributed by atoms with Gasteiger partial charge < -0.3 is 18.9 Å². The zero-order valence-electron chi connectivity index (χ0n) is 17.0. The van der Waals surface area contributed by atoms with Gasteiger partial charge in [0.2, 0.25) is 5.95 Å². The smallest absolute Gasteiger partial charge is 0.227 e. The summed E-state index contributed by atoms with van der Waals surface area (Å²) in [6.07, 6.45) is 8.58. The molecule has 0 aromatic carbocycles. The molecule has 0 amide bonds. The van der Waals surface area contributed by atoms with Gasteiger partial charge >= 0.3 is 0 Å². The molecule has 0 N–H and O–H groups in total. The molecule has 0 saturated heterocycles. The lowest BCUT2D eigenvalue weighted by Gasteiger charge is -2.33. The standard InChI is InChI=1S/C21H26N8/c1-14-22-9-17-12-26(5-7-28(14)17)20-19(16-3-4-16)11-24-21(25-20)27-6-8-29-15(2)23-10-18(29)13-27/h9-11,16H,3-8,12-13H2,1-2H3. The van der Waals surface area contributed by atoms with Crippen LogP contribution in [0.25, 0.3) is 0 Å². The van der Waals surface area contributed by atoms with Crippen molar-refractivity contribution in [3.63, 3.8) is 0 Å². The van der Waals surface area contributed by atoms with E-state index in [0.29, 0.717) is 5.92 Å². The van der Waals surface area contributed by atoms with Crippen molar-refractivity contribution in [1.82, 2.24) is 29.1 Å². The van der Waals surface area contributed by atoms with E-state index in [1.165, 1.54) is 29.8 Å². The average molecular weight is 390 g/mol. The number of fused-ring (bicyclic) bond motifs is 2. The lowest BCUT2D eigenvalue weighted by atomic mass is 10.1. The molecule has 2 aliphatic heterocycles. The summed E-state index contributed by atoms with van der Waals surface area (Å²) >= 11 is 0. The lowest BCUT2D eigenvalue weighted by molar-refractivity contribution is 0.544. The summed E-state index contributed by atoms with van der Waals surface area (Å²) in [4.78, 5) is 23.6. The minimum Gasteiger partial charge on any atom is -0.349 e. The van der Waals surface area contributed by atoms with Gasteiger partial charge in [0.25, 0.3) is 0 Å². The van der Waals surface area contributed by atoms with Crippen LogP contribution in [-0.4, -0.2) is 42.2 Å². The first-order valence-corrected chi connectivity index (χ1v) is 10.6. The molecule has 0 bridgehead atoms. The second kappa shape index (κ2) is 6.30. The third-order valence-electron chi connectivity index (χ3n) is 6.55. The average Bonchev–Trinajstić information content (AvgIpc) is 3.45. The summed E-state index contributed by atoms with van der Waals surface area (Å²) in [5.74, 6) is 4.77. The summed E-state index contributed by atoms with van der Waals surface area (Å²) < 4.78 is 4.62. The van der Waals surface area contributed by atoms with Crippen LogP contribution >= 0.6 is 0 Å². The molecular formula is C21H26N8. The monoisotopic (exact) mass is 390 g/mol. The van der Waals surface area contributed by atoms with Gasteiger partial charge in [-0.25, -0.2) is 15.0 Å². The highest BCUT2D eigenvalue weighted by atomic mass is 15.3. The third kappa shape index (κ3) is 2.81. The van der Waals surface area contributed by atoms with Gasteiger partial charge in [-0.05, 0) is 32.6 Å². The van der Waals surface area contributed by atoms with Crippen LogP contribution in [0.15, 0.2) is 18.6 Å². The minimum absolute atomic E-state index is 0.623. The number of rotatable bonds is 3. The maximum absolute atomic E-state index is 5.12. The highest BCUT2D eigenvalue weighted by Gasteiger charge is 2.32. The van der Waals surface area contributed by atoms with Gasteiger partial charge in [0.15, 0.2) is 0 Å². The summed E-state index contributed by atoms with van der Waals surface area (Å²) in [7, 11) is 0. The fourth-order valence-corrected chi connectivity index (χ4v) is 4.70.